The van der Waals surface area contributed by atoms with Crippen LogP contribution in [0.3, 0.4) is 0 Å². The average molecular weight is 301 g/mol. The Bertz CT molecular complexity index is 585. The molecule has 1 aromatic heterocycles. The first-order valence-corrected chi connectivity index (χ1v) is 7.80. The van der Waals surface area contributed by atoms with Gasteiger partial charge in [0, 0.05) is 19.3 Å². The van der Waals surface area contributed by atoms with Gasteiger partial charge in [0.2, 0.25) is 0 Å². The van der Waals surface area contributed by atoms with Gasteiger partial charge in [-0.1, -0.05) is 37.3 Å². The fourth-order valence-corrected chi connectivity index (χ4v) is 2.95. The summed E-state index contributed by atoms with van der Waals surface area (Å²) in [4.78, 5) is 6.55. The first-order chi connectivity index (χ1) is 10.8. The molecule has 2 atom stereocenters. The Morgan fingerprint density at radius 2 is 2.14 bits per heavy atom. The smallest absolute Gasteiger partial charge is 0.0951 e. The largest absolute Gasteiger partial charge is 0.389 e. The van der Waals surface area contributed by atoms with E-state index in [1.165, 1.54) is 5.56 Å². The third-order valence-electron chi connectivity index (χ3n) is 4.26. The van der Waals surface area contributed by atoms with Crippen molar-refractivity contribution in [2.24, 2.45) is 0 Å². The summed E-state index contributed by atoms with van der Waals surface area (Å²) in [6.07, 6.45) is 3.39. The number of aromatic nitrogens is 2. The Morgan fingerprint density at radius 3 is 2.82 bits per heavy atom. The van der Waals surface area contributed by atoms with Crippen LogP contribution in [0.15, 0.2) is 42.9 Å². The van der Waals surface area contributed by atoms with Crippen LogP contribution in [0, 0.1) is 0 Å². The maximum absolute atomic E-state index is 10.0. The molecule has 0 amide bonds. The molecule has 118 valence electrons. The van der Waals surface area contributed by atoms with Crippen LogP contribution < -0.4 is 0 Å². The summed E-state index contributed by atoms with van der Waals surface area (Å²) in [5.41, 5.74) is 2.42. The quantitative estimate of drug-likeness (QED) is 0.879. The lowest BCUT2D eigenvalue weighted by Crippen LogP contribution is -2.42. The minimum atomic E-state index is -0.398. The molecule has 1 aliphatic rings. The maximum Gasteiger partial charge on any atom is 0.0951 e. The van der Waals surface area contributed by atoms with E-state index in [1.807, 2.05) is 18.6 Å². The van der Waals surface area contributed by atoms with Crippen molar-refractivity contribution in [2.45, 2.75) is 32.2 Å². The van der Waals surface area contributed by atoms with Crippen LogP contribution in [-0.4, -0.2) is 51.5 Å². The molecule has 0 bridgehead atoms. The van der Waals surface area contributed by atoms with Crippen molar-refractivity contribution in [3.05, 3.63) is 54.1 Å². The SMILES string of the molecule is CCN(Cc1cncn1Cc1ccccc1)[C@H]1COC[C@@H]1O. The predicted octanol–water partition coefficient (Wildman–Crippen LogP) is 1.51. The second kappa shape index (κ2) is 7.05. The molecule has 2 aromatic rings. The topological polar surface area (TPSA) is 50.5 Å². The molecule has 22 heavy (non-hydrogen) atoms. The third kappa shape index (κ3) is 3.38. The molecule has 1 N–H and O–H groups in total. The van der Waals surface area contributed by atoms with Crippen LogP contribution in [0.2, 0.25) is 0 Å². The van der Waals surface area contributed by atoms with Crippen molar-refractivity contribution >= 4 is 0 Å². The van der Waals surface area contributed by atoms with E-state index in [9.17, 15) is 5.11 Å². The predicted molar refractivity (Wildman–Crippen MR) is 84.5 cm³/mol. The van der Waals surface area contributed by atoms with Crippen LogP contribution in [0.5, 0.6) is 0 Å². The first-order valence-electron chi connectivity index (χ1n) is 7.80. The molecule has 2 heterocycles. The Morgan fingerprint density at radius 1 is 1.32 bits per heavy atom. The standard InChI is InChI=1S/C17H23N3O2/c1-2-19(16-11-22-12-17(16)21)10-15-8-18-13-20(15)9-14-6-4-3-5-7-14/h3-8,13,16-17,21H,2,9-12H2,1H3/t16-,17-/m0/s1. The Balaban J connectivity index is 1.71. The lowest BCUT2D eigenvalue weighted by molar-refractivity contribution is 0.0795. The normalized spacial score (nSPS) is 21.6. The van der Waals surface area contributed by atoms with Crippen LogP contribution >= 0.6 is 0 Å². The molecule has 0 radical (unpaired) electrons. The summed E-state index contributed by atoms with van der Waals surface area (Å²) >= 11 is 0. The number of aliphatic hydroxyl groups is 1. The second-order valence-electron chi connectivity index (χ2n) is 5.73. The van der Waals surface area contributed by atoms with Gasteiger partial charge in [-0.15, -0.1) is 0 Å². The van der Waals surface area contributed by atoms with Gasteiger partial charge in [0.05, 0.1) is 37.4 Å². The zero-order chi connectivity index (χ0) is 15.4. The highest BCUT2D eigenvalue weighted by Crippen LogP contribution is 2.17. The van der Waals surface area contributed by atoms with Crippen molar-refractivity contribution in [1.29, 1.82) is 0 Å². The van der Waals surface area contributed by atoms with Gasteiger partial charge in [-0.25, -0.2) is 4.98 Å². The summed E-state index contributed by atoms with van der Waals surface area (Å²) in [5, 5.41) is 10.0. The van der Waals surface area contributed by atoms with Gasteiger partial charge in [0.15, 0.2) is 0 Å². The number of benzene rings is 1. The molecule has 0 spiro atoms. The average Bonchev–Trinajstić information content (AvgIpc) is 3.15. The highest BCUT2D eigenvalue weighted by atomic mass is 16.5. The number of likely N-dealkylation sites (N-methyl/N-ethyl adjacent to an activating group) is 1. The van der Waals surface area contributed by atoms with E-state index >= 15 is 0 Å². The van der Waals surface area contributed by atoms with E-state index in [-0.39, 0.29) is 6.04 Å². The number of hydrogen-bond donors (Lipinski definition) is 1. The molecule has 1 fully saturated rings. The van der Waals surface area contributed by atoms with Gasteiger partial charge in [0.25, 0.3) is 0 Å². The molecule has 1 aliphatic heterocycles. The van der Waals surface area contributed by atoms with Crippen LogP contribution in [-0.2, 0) is 17.8 Å². The lowest BCUT2D eigenvalue weighted by Gasteiger charge is -2.28. The molecular weight excluding hydrogens is 278 g/mol. The van der Waals surface area contributed by atoms with Gasteiger partial charge < -0.3 is 14.4 Å². The molecule has 1 aromatic carbocycles. The van der Waals surface area contributed by atoms with Crippen molar-refractivity contribution < 1.29 is 9.84 Å². The number of rotatable bonds is 6. The molecular formula is C17H23N3O2. The Labute approximate surface area is 131 Å². The van der Waals surface area contributed by atoms with Crippen LogP contribution in [0.25, 0.3) is 0 Å². The van der Waals surface area contributed by atoms with Gasteiger partial charge >= 0.3 is 0 Å². The zero-order valence-electron chi connectivity index (χ0n) is 12.9. The second-order valence-corrected chi connectivity index (χ2v) is 5.73. The lowest BCUT2D eigenvalue weighted by atomic mass is 10.1. The Kier molecular flexibility index (Phi) is 4.87. The molecule has 0 aliphatic carbocycles. The van der Waals surface area contributed by atoms with Gasteiger partial charge in [-0.05, 0) is 12.1 Å². The number of imidazole rings is 1. The third-order valence-corrected chi connectivity index (χ3v) is 4.26. The van der Waals surface area contributed by atoms with Crippen molar-refractivity contribution in [2.75, 3.05) is 19.8 Å². The summed E-state index contributed by atoms with van der Waals surface area (Å²) in [6, 6.07) is 10.4. The number of nitrogens with zero attached hydrogens (tertiary/aromatic N) is 3. The fraction of sp³-hybridized carbons (Fsp3) is 0.471. The van der Waals surface area contributed by atoms with Gasteiger partial charge in [0.1, 0.15) is 0 Å². The summed E-state index contributed by atoms with van der Waals surface area (Å²) < 4.78 is 7.55. The van der Waals surface area contributed by atoms with Gasteiger partial charge in [-0.2, -0.15) is 0 Å². The molecule has 0 unspecified atom stereocenters. The van der Waals surface area contributed by atoms with Crippen LogP contribution in [0.1, 0.15) is 18.2 Å². The number of ether oxygens (including phenoxy) is 1. The van der Waals surface area contributed by atoms with E-state index < -0.39 is 6.10 Å². The molecule has 3 rings (SSSR count). The number of hydrogen-bond acceptors (Lipinski definition) is 4. The van der Waals surface area contributed by atoms with E-state index in [0.717, 1.165) is 25.3 Å². The van der Waals surface area contributed by atoms with Crippen molar-refractivity contribution in [3.63, 3.8) is 0 Å². The number of aliphatic hydroxyl groups excluding tert-OH is 1. The molecule has 0 saturated carbocycles. The van der Waals surface area contributed by atoms with E-state index in [1.54, 1.807) is 0 Å². The molecule has 5 nitrogen and oxygen atoms in total. The first kappa shape index (κ1) is 15.2. The minimum absolute atomic E-state index is 0.0741. The Hall–Kier alpha value is -1.69. The van der Waals surface area contributed by atoms with Crippen LogP contribution in [0.4, 0.5) is 0 Å². The van der Waals surface area contributed by atoms with Gasteiger partial charge in [-0.3, -0.25) is 4.90 Å². The fourth-order valence-electron chi connectivity index (χ4n) is 2.95. The highest BCUT2D eigenvalue weighted by Gasteiger charge is 2.31. The monoisotopic (exact) mass is 301 g/mol. The maximum atomic E-state index is 10.0. The van der Waals surface area contributed by atoms with E-state index in [4.69, 9.17) is 4.74 Å². The van der Waals surface area contributed by atoms with Crippen molar-refractivity contribution in [3.8, 4) is 0 Å². The van der Waals surface area contributed by atoms with E-state index in [2.05, 4.69) is 45.6 Å². The highest BCUT2D eigenvalue weighted by molar-refractivity contribution is 5.16. The summed E-state index contributed by atoms with van der Waals surface area (Å²) in [6.45, 7) is 5.61. The van der Waals surface area contributed by atoms with E-state index in [0.29, 0.717) is 13.2 Å². The zero-order valence-corrected chi connectivity index (χ0v) is 12.9. The van der Waals surface area contributed by atoms with Crippen molar-refractivity contribution in [1.82, 2.24) is 14.5 Å². The molecule has 1 saturated heterocycles. The summed E-state index contributed by atoms with van der Waals surface area (Å²) in [7, 11) is 0. The molecule has 5 heteroatoms. The minimum Gasteiger partial charge on any atom is -0.389 e. The summed E-state index contributed by atoms with van der Waals surface area (Å²) in [5.74, 6) is 0.